The molecule has 0 saturated heterocycles. The molecule has 18 heavy (non-hydrogen) atoms. The second kappa shape index (κ2) is 6.17. The molecule has 0 aliphatic carbocycles. The third-order valence-corrected chi connectivity index (χ3v) is 2.84. The van der Waals surface area contributed by atoms with Crippen molar-refractivity contribution in [2.24, 2.45) is 0 Å². The predicted molar refractivity (Wildman–Crippen MR) is 72.6 cm³/mol. The third-order valence-electron chi connectivity index (χ3n) is 2.51. The summed E-state index contributed by atoms with van der Waals surface area (Å²) < 4.78 is 0. The summed E-state index contributed by atoms with van der Waals surface area (Å²) in [7, 11) is 0. The van der Waals surface area contributed by atoms with Gasteiger partial charge in [-0.1, -0.05) is 29.8 Å². The van der Waals surface area contributed by atoms with Gasteiger partial charge in [0.2, 0.25) is 5.91 Å². The van der Waals surface area contributed by atoms with Crippen LogP contribution in [0.3, 0.4) is 0 Å². The molecule has 1 aromatic carbocycles. The SMILES string of the molecule is O=C(CCc1cccnc1)Nc1ccccc1Cl. The van der Waals surface area contributed by atoms with Gasteiger partial charge in [-0.2, -0.15) is 0 Å². The van der Waals surface area contributed by atoms with Crippen molar-refractivity contribution in [3.05, 3.63) is 59.4 Å². The third kappa shape index (κ3) is 3.57. The lowest BCUT2D eigenvalue weighted by molar-refractivity contribution is -0.116. The van der Waals surface area contributed by atoms with Crippen LogP contribution in [0.2, 0.25) is 5.02 Å². The van der Waals surface area contributed by atoms with Gasteiger partial charge in [-0.25, -0.2) is 0 Å². The van der Waals surface area contributed by atoms with E-state index in [4.69, 9.17) is 11.6 Å². The van der Waals surface area contributed by atoms with Crippen LogP contribution in [0.25, 0.3) is 0 Å². The molecule has 0 bridgehead atoms. The molecule has 0 unspecified atom stereocenters. The number of benzene rings is 1. The van der Waals surface area contributed by atoms with Crippen molar-refractivity contribution < 1.29 is 4.79 Å². The molecular weight excluding hydrogens is 248 g/mol. The Morgan fingerprint density at radius 1 is 1.22 bits per heavy atom. The summed E-state index contributed by atoms with van der Waals surface area (Å²) in [6.45, 7) is 0. The summed E-state index contributed by atoms with van der Waals surface area (Å²) in [4.78, 5) is 15.8. The standard InChI is InChI=1S/C14H13ClN2O/c15-12-5-1-2-6-13(12)17-14(18)8-7-11-4-3-9-16-10-11/h1-6,9-10H,7-8H2,(H,17,18). The maximum Gasteiger partial charge on any atom is 0.224 e. The minimum atomic E-state index is -0.0491. The second-order valence-corrected chi connectivity index (χ2v) is 4.30. The quantitative estimate of drug-likeness (QED) is 0.916. The molecule has 0 radical (unpaired) electrons. The number of hydrogen-bond donors (Lipinski definition) is 1. The average molecular weight is 261 g/mol. The van der Waals surface area contributed by atoms with Gasteiger partial charge in [0.25, 0.3) is 0 Å². The maximum atomic E-state index is 11.7. The normalized spacial score (nSPS) is 10.1. The summed E-state index contributed by atoms with van der Waals surface area (Å²) in [5.41, 5.74) is 1.70. The molecule has 2 rings (SSSR count). The maximum absolute atomic E-state index is 11.7. The molecule has 3 nitrogen and oxygen atoms in total. The Bertz CT molecular complexity index is 528. The topological polar surface area (TPSA) is 42.0 Å². The zero-order chi connectivity index (χ0) is 12.8. The van der Waals surface area contributed by atoms with Crippen molar-refractivity contribution in [2.45, 2.75) is 12.8 Å². The number of carbonyl (C=O) groups excluding carboxylic acids is 1. The van der Waals surface area contributed by atoms with E-state index < -0.39 is 0 Å². The van der Waals surface area contributed by atoms with E-state index in [2.05, 4.69) is 10.3 Å². The van der Waals surface area contributed by atoms with Gasteiger partial charge in [-0.05, 0) is 30.2 Å². The van der Waals surface area contributed by atoms with Crippen LogP contribution in [-0.4, -0.2) is 10.9 Å². The monoisotopic (exact) mass is 260 g/mol. The molecule has 0 aliphatic rings. The Kier molecular flexibility index (Phi) is 4.31. The number of nitrogens with zero attached hydrogens (tertiary/aromatic N) is 1. The van der Waals surface area contributed by atoms with Crippen molar-refractivity contribution in [1.82, 2.24) is 4.98 Å². The highest BCUT2D eigenvalue weighted by atomic mass is 35.5. The number of hydrogen-bond acceptors (Lipinski definition) is 2. The van der Waals surface area contributed by atoms with Crippen LogP contribution < -0.4 is 5.32 Å². The van der Waals surface area contributed by atoms with E-state index in [9.17, 15) is 4.79 Å². The number of nitrogens with one attached hydrogen (secondary N) is 1. The van der Waals surface area contributed by atoms with Gasteiger partial charge in [-0.15, -0.1) is 0 Å². The number of pyridine rings is 1. The van der Waals surface area contributed by atoms with Crippen molar-refractivity contribution in [3.63, 3.8) is 0 Å². The van der Waals surface area contributed by atoms with E-state index in [0.717, 1.165) is 5.56 Å². The fourth-order valence-electron chi connectivity index (χ4n) is 1.58. The minimum Gasteiger partial charge on any atom is -0.325 e. The van der Waals surface area contributed by atoms with Crippen LogP contribution in [0, 0.1) is 0 Å². The molecule has 2 aromatic rings. The van der Waals surface area contributed by atoms with Gasteiger partial charge < -0.3 is 5.32 Å². The van der Waals surface area contributed by atoms with Crippen LogP contribution in [0.15, 0.2) is 48.8 Å². The number of aromatic nitrogens is 1. The molecule has 1 aromatic heterocycles. The summed E-state index contributed by atoms with van der Waals surface area (Å²) >= 11 is 5.96. The summed E-state index contributed by atoms with van der Waals surface area (Å²) in [5.74, 6) is -0.0491. The van der Waals surface area contributed by atoms with E-state index in [-0.39, 0.29) is 5.91 Å². The van der Waals surface area contributed by atoms with Crippen LogP contribution in [0.5, 0.6) is 0 Å². The molecule has 1 N–H and O–H groups in total. The number of aryl methyl sites for hydroxylation is 1. The van der Waals surface area contributed by atoms with E-state index in [1.807, 2.05) is 24.3 Å². The van der Waals surface area contributed by atoms with E-state index in [1.54, 1.807) is 24.5 Å². The van der Waals surface area contributed by atoms with Gasteiger partial charge in [0.1, 0.15) is 0 Å². The molecule has 1 heterocycles. The zero-order valence-corrected chi connectivity index (χ0v) is 10.5. The molecule has 0 spiro atoms. The lowest BCUT2D eigenvalue weighted by Crippen LogP contribution is -2.12. The number of amides is 1. The highest BCUT2D eigenvalue weighted by Crippen LogP contribution is 2.20. The van der Waals surface area contributed by atoms with Crippen LogP contribution in [-0.2, 0) is 11.2 Å². The van der Waals surface area contributed by atoms with Crippen molar-refractivity contribution in [2.75, 3.05) is 5.32 Å². The van der Waals surface area contributed by atoms with Crippen molar-refractivity contribution >= 4 is 23.2 Å². The van der Waals surface area contributed by atoms with Gasteiger partial charge in [-0.3, -0.25) is 9.78 Å². The van der Waals surface area contributed by atoms with E-state index >= 15 is 0 Å². The Labute approximate surface area is 111 Å². The Morgan fingerprint density at radius 2 is 2.06 bits per heavy atom. The fraction of sp³-hybridized carbons (Fsp3) is 0.143. The van der Waals surface area contributed by atoms with Crippen LogP contribution in [0.4, 0.5) is 5.69 Å². The zero-order valence-electron chi connectivity index (χ0n) is 9.77. The molecule has 0 aliphatic heterocycles. The number of halogens is 1. The number of carbonyl (C=O) groups is 1. The first-order valence-electron chi connectivity index (χ1n) is 5.69. The van der Waals surface area contributed by atoms with Gasteiger partial charge >= 0.3 is 0 Å². The Hall–Kier alpha value is -1.87. The van der Waals surface area contributed by atoms with E-state index in [1.165, 1.54) is 0 Å². The van der Waals surface area contributed by atoms with Crippen molar-refractivity contribution in [1.29, 1.82) is 0 Å². The molecule has 0 saturated carbocycles. The minimum absolute atomic E-state index is 0.0491. The molecule has 1 amide bonds. The summed E-state index contributed by atoms with van der Waals surface area (Å²) in [5, 5.41) is 3.34. The van der Waals surface area contributed by atoms with Gasteiger partial charge in [0, 0.05) is 18.8 Å². The highest BCUT2D eigenvalue weighted by molar-refractivity contribution is 6.33. The average Bonchev–Trinajstić information content (AvgIpc) is 2.40. The Morgan fingerprint density at radius 3 is 2.78 bits per heavy atom. The molecule has 0 fully saturated rings. The number of rotatable bonds is 4. The lowest BCUT2D eigenvalue weighted by Gasteiger charge is -2.06. The first kappa shape index (κ1) is 12.6. The lowest BCUT2D eigenvalue weighted by atomic mass is 10.1. The first-order valence-corrected chi connectivity index (χ1v) is 6.07. The van der Waals surface area contributed by atoms with Gasteiger partial charge in [0.05, 0.1) is 10.7 Å². The molecular formula is C14H13ClN2O. The largest absolute Gasteiger partial charge is 0.325 e. The number of para-hydroxylation sites is 1. The van der Waals surface area contributed by atoms with E-state index in [0.29, 0.717) is 23.6 Å². The number of anilines is 1. The predicted octanol–water partition coefficient (Wildman–Crippen LogP) is 3.31. The summed E-state index contributed by atoms with van der Waals surface area (Å²) in [6.07, 6.45) is 4.57. The molecule has 92 valence electrons. The van der Waals surface area contributed by atoms with Crippen LogP contribution in [0.1, 0.15) is 12.0 Å². The van der Waals surface area contributed by atoms with Crippen molar-refractivity contribution in [3.8, 4) is 0 Å². The highest BCUT2D eigenvalue weighted by Gasteiger charge is 2.05. The summed E-state index contributed by atoms with van der Waals surface area (Å²) in [6, 6.07) is 11.0. The fourth-order valence-corrected chi connectivity index (χ4v) is 1.76. The van der Waals surface area contributed by atoms with Crippen LogP contribution >= 0.6 is 11.6 Å². The van der Waals surface area contributed by atoms with Gasteiger partial charge in [0.15, 0.2) is 0 Å². The molecule has 0 atom stereocenters. The first-order chi connectivity index (χ1) is 8.75. The smallest absolute Gasteiger partial charge is 0.224 e. The molecule has 4 heteroatoms. The second-order valence-electron chi connectivity index (χ2n) is 3.89. The Balaban J connectivity index is 1.88.